The first-order valence-electron chi connectivity index (χ1n) is 9.85. The van der Waals surface area contributed by atoms with Crippen LogP contribution in [0.15, 0.2) is 61.2 Å². The molecule has 0 bridgehead atoms. The smallest absolute Gasteiger partial charge is 0.227 e. The van der Waals surface area contributed by atoms with Gasteiger partial charge < -0.3 is 14.6 Å². The highest BCUT2D eigenvalue weighted by Crippen LogP contribution is 2.31. The van der Waals surface area contributed by atoms with E-state index in [1.165, 1.54) is 0 Å². The molecule has 0 saturated carbocycles. The van der Waals surface area contributed by atoms with E-state index in [1.807, 2.05) is 62.6 Å². The molecule has 4 rings (SSSR count). The summed E-state index contributed by atoms with van der Waals surface area (Å²) in [4.78, 5) is 13.4. The van der Waals surface area contributed by atoms with Gasteiger partial charge in [0.05, 0.1) is 24.5 Å². The summed E-state index contributed by atoms with van der Waals surface area (Å²) >= 11 is 0. The van der Waals surface area contributed by atoms with Gasteiger partial charge in [-0.1, -0.05) is 19.9 Å². The van der Waals surface area contributed by atoms with Crippen LogP contribution in [0.25, 0.3) is 22.2 Å². The van der Waals surface area contributed by atoms with E-state index in [-0.39, 0.29) is 0 Å². The van der Waals surface area contributed by atoms with Crippen molar-refractivity contribution in [3.05, 3.63) is 61.2 Å². The lowest BCUT2D eigenvalue weighted by Gasteiger charge is -2.08. The molecule has 0 aliphatic carbocycles. The molecule has 3 heterocycles. The summed E-state index contributed by atoms with van der Waals surface area (Å²) in [5.41, 5.74) is 3.91. The SMILES string of the molecule is CC.COc1cccc(Nc2nccc(-c3cn(C(C)C)c4cnccc34)n2)c1. The molecule has 0 amide bonds. The third kappa shape index (κ3) is 4.37. The van der Waals surface area contributed by atoms with E-state index in [9.17, 15) is 0 Å². The summed E-state index contributed by atoms with van der Waals surface area (Å²) in [6, 6.07) is 12.0. The van der Waals surface area contributed by atoms with E-state index >= 15 is 0 Å². The molecule has 0 saturated heterocycles. The van der Waals surface area contributed by atoms with Gasteiger partial charge in [0.25, 0.3) is 0 Å². The van der Waals surface area contributed by atoms with Gasteiger partial charge in [0, 0.05) is 47.3 Å². The molecule has 0 atom stereocenters. The maximum Gasteiger partial charge on any atom is 0.227 e. The van der Waals surface area contributed by atoms with Gasteiger partial charge >= 0.3 is 0 Å². The number of hydrogen-bond acceptors (Lipinski definition) is 5. The average molecular weight is 390 g/mol. The number of fused-ring (bicyclic) bond motifs is 1. The number of nitrogens with zero attached hydrogens (tertiary/aromatic N) is 4. The highest BCUT2D eigenvalue weighted by Gasteiger charge is 2.14. The molecular weight excluding hydrogens is 362 g/mol. The van der Waals surface area contributed by atoms with Crippen molar-refractivity contribution in [2.75, 3.05) is 12.4 Å². The van der Waals surface area contributed by atoms with Crippen LogP contribution in [-0.2, 0) is 0 Å². The Balaban J connectivity index is 0.00000117. The zero-order chi connectivity index (χ0) is 20.8. The van der Waals surface area contributed by atoms with Crippen molar-refractivity contribution in [3.8, 4) is 17.0 Å². The van der Waals surface area contributed by atoms with Crippen molar-refractivity contribution in [3.63, 3.8) is 0 Å². The van der Waals surface area contributed by atoms with Gasteiger partial charge in [0.15, 0.2) is 0 Å². The number of ether oxygens (including phenoxy) is 1. The summed E-state index contributed by atoms with van der Waals surface area (Å²) in [6.45, 7) is 8.32. The number of aromatic nitrogens is 4. The molecule has 1 aromatic carbocycles. The molecule has 3 aromatic heterocycles. The molecule has 6 heteroatoms. The highest BCUT2D eigenvalue weighted by molar-refractivity contribution is 5.94. The first-order valence-corrected chi connectivity index (χ1v) is 9.85. The van der Waals surface area contributed by atoms with Gasteiger partial charge in [-0.05, 0) is 38.1 Å². The lowest BCUT2D eigenvalue weighted by molar-refractivity contribution is 0.415. The Bertz CT molecular complexity index is 1090. The monoisotopic (exact) mass is 389 g/mol. The zero-order valence-corrected chi connectivity index (χ0v) is 17.5. The third-order valence-electron chi connectivity index (χ3n) is 4.45. The number of methoxy groups -OCH3 is 1. The van der Waals surface area contributed by atoms with Crippen molar-refractivity contribution in [1.82, 2.24) is 19.5 Å². The number of nitrogens with one attached hydrogen (secondary N) is 1. The van der Waals surface area contributed by atoms with Crippen molar-refractivity contribution < 1.29 is 4.74 Å². The highest BCUT2D eigenvalue weighted by atomic mass is 16.5. The van der Waals surface area contributed by atoms with E-state index in [1.54, 1.807) is 13.3 Å². The number of anilines is 2. The minimum absolute atomic E-state index is 0.335. The number of benzene rings is 1. The second kappa shape index (κ2) is 9.19. The van der Waals surface area contributed by atoms with E-state index < -0.39 is 0 Å². The fourth-order valence-corrected chi connectivity index (χ4v) is 3.13. The predicted molar refractivity (Wildman–Crippen MR) is 119 cm³/mol. The summed E-state index contributed by atoms with van der Waals surface area (Å²) in [5.74, 6) is 1.32. The molecule has 0 aliphatic rings. The van der Waals surface area contributed by atoms with Crippen LogP contribution in [0.5, 0.6) is 5.75 Å². The van der Waals surface area contributed by atoms with Crippen LogP contribution in [0.3, 0.4) is 0 Å². The first-order chi connectivity index (χ1) is 14.2. The van der Waals surface area contributed by atoms with Crippen LogP contribution in [0, 0.1) is 0 Å². The number of rotatable bonds is 5. The van der Waals surface area contributed by atoms with E-state index in [2.05, 4.69) is 39.9 Å². The van der Waals surface area contributed by atoms with Crippen molar-refractivity contribution in [2.24, 2.45) is 0 Å². The molecule has 0 unspecified atom stereocenters. The Hall–Kier alpha value is -3.41. The van der Waals surface area contributed by atoms with Crippen LogP contribution >= 0.6 is 0 Å². The minimum Gasteiger partial charge on any atom is -0.497 e. The molecule has 0 radical (unpaired) electrons. The second-order valence-corrected chi connectivity index (χ2v) is 6.56. The third-order valence-corrected chi connectivity index (χ3v) is 4.45. The number of pyridine rings is 1. The molecular formula is C23H27N5O. The maximum atomic E-state index is 5.27. The Morgan fingerprint density at radius 2 is 1.90 bits per heavy atom. The fourth-order valence-electron chi connectivity index (χ4n) is 3.13. The van der Waals surface area contributed by atoms with Crippen LogP contribution < -0.4 is 10.1 Å². The van der Waals surface area contributed by atoms with Gasteiger partial charge in [0.1, 0.15) is 5.75 Å². The van der Waals surface area contributed by atoms with Crippen molar-refractivity contribution in [2.45, 2.75) is 33.7 Å². The normalized spacial score (nSPS) is 10.6. The summed E-state index contributed by atoms with van der Waals surface area (Å²) in [7, 11) is 1.65. The van der Waals surface area contributed by atoms with Crippen LogP contribution in [0.2, 0.25) is 0 Å². The molecule has 0 aliphatic heterocycles. The van der Waals surface area contributed by atoms with Crippen molar-refractivity contribution in [1.29, 1.82) is 0 Å². The molecule has 29 heavy (non-hydrogen) atoms. The number of hydrogen-bond donors (Lipinski definition) is 1. The summed E-state index contributed by atoms with van der Waals surface area (Å²) in [5, 5.41) is 4.37. The van der Waals surface area contributed by atoms with Gasteiger partial charge in [-0.3, -0.25) is 4.98 Å². The molecule has 0 spiro atoms. The van der Waals surface area contributed by atoms with Gasteiger partial charge in [-0.2, -0.15) is 0 Å². The molecule has 6 nitrogen and oxygen atoms in total. The first kappa shape index (κ1) is 20.3. The van der Waals surface area contributed by atoms with Gasteiger partial charge in [-0.25, -0.2) is 9.97 Å². The molecule has 0 fully saturated rings. The lowest BCUT2D eigenvalue weighted by Crippen LogP contribution is -1.99. The average Bonchev–Trinajstić information content (AvgIpc) is 3.16. The zero-order valence-electron chi connectivity index (χ0n) is 17.5. The Labute approximate surface area is 171 Å². The molecule has 4 aromatic rings. The quantitative estimate of drug-likeness (QED) is 0.464. The van der Waals surface area contributed by atoms with Crippen molar-refractivity contribution >= 4 is 22.5 Å². The Kier molecular flexibility index (Phi) is 6.44. The largest absolute Gasteiger partial charge is 0.497 e. The molecule has 150 valence electrons. The Morgan fingerprint density at radius 1 is 1.07 bits per heavy atom. The van der Waals surface area contributed by atoms with E-state index in [4.69, 9.17) is 9.72 Å². The maximum absolute atomic E-state index is 5.27. The van der Waals surface area contributed by atoms with Gasteiger partial charge in [-0.15, -0.1) is 0 Å². The van der Waals surface area contributed by atoms with Gasteiger partial charge in [0.2, 0.25) is 5.95 Å². The summed E-state index contributed by atoms with van der Waals surface area (Å²) in [6.07, 6.45) is 7.61. The topological polar surface area (TPSA) is 64.9 Å². The van der Waals surface area contributed by atoms with Crippen LogP contribution in [0.1, 0.15) is 33.7 Å². The fraction of sp³-hybridized carbons (Fsp3) is 0.261. The second-order valence-electron chi connectivity index (χ2n) is 6.56. The van der Waals surface area contributed by atoms with E-state index in [0.717, 1.165) is 33.6 Å². The Morgan fingerprint density at radius 3 is 2.66 bits per heavy atom. The van der Waals surface area contributed by atoms with E-state index in [0.29, 0.717) is 12.0 Å². The molecule has 1 N–H and O–H groups in total. The van der Waals surface area contributed by atoms with Crippen LogP contribution in [-0.4, -0.2) is 26.6 Å². The summed E-state index contributed by atoms with van der Waals surface area (Å²) < 4.78 is 7.49. The lowest BCUT2D eigenvalue weighted by atomic mass is 10.1. The minimum atomic E-state index is 0.335. The standard InChI is InChI=1S/C21H21N5O.C2H6/c1-14(2)26-13-18(17-7-9-22-12-20(17)26)19-8-10-23-21(25-19)24-15-5-4-6-16(11-15)27-3;1-2/h4-14H,1-3H3,(H,23,24,25);1-2H3. The van der Waals surface area contributed by atoms with Crippen LogP contribution in [0.4, 0.5) is 11.6 Å². The predicted octanol–water partition coefficient (Wildman–Crippen LogP) is 5.85.